The first-order valence-electron chi connectivity index (χ1n) is 10.7. The number of nitrogens with zero attached hydrogens (tertiary/aromatic N) is 5. The number of nitriles is 1. The number of anilines is 2. The molecule has 0 spiro atoms. The second-order valence-electron chi connectivity index (χ2n) is 7.90. The number of aromatic nitrogens is 1. The van der Waals surface area contributed by atoms with Gasteiger partial charge in [0.2, 0.25) is 0 Å². The van der Waals surface area contributed by atoms with Gasteiger partial charge in [-0.05, 0) is 49.2 Å². The maximum absolute atomic E-state index is 12.7. The average molecular weight is 421 g/mol. The summed E-state index contributed by atoms with van der Waals surface area (Å²) in [4.78, 5) is 23.5. The SMILES string of the molecule is COc1ccc(N2CCC(NC(=O)N3CCN(c4cc(C#N)ccn4)CC3)CC2)cc1. The summed E-state index contributed by atoms with van der Waals surface area (Å²) in [6.45, 7) is 4.57. The molecule has 2 amide bonds. The minimum atomic E-state index is 0.0151. The average Bonchev–Trinajstić information content (AvgIpc) is 2.84. The lowest BCUT2D eigenvalue weighted by molar-refractivity contribution is 0.188. The highest BCUT2D eigenvalue weighted by atomic mass is 16.5. The van der Waals surface area contributed by atoms with Crippen LogP contribution in [-0.4, -0.2) is 68.3 Å². The normalized spacial score (nSPS) is 17.2. The standard InChI is InChI=1S/C23H28N6O2/c1-31-21-4-2-20(3-5-21)27-10-7-19(8-11-27)26-23(30)29-14-12-28(13-15-29)22-16-18(17-24)6-9-25-22/h2-6,9,16,19H,7-8,10-15H2,1H3,(H,26,30). The van der Waals surface area contributed by atoms with E-state index in [0.29, 0.717) is 31.7 Å². The molecule has 2 aliphatic rings. The van der Waals surface area contributed by atoms with Gasteiger partial charge in [0.1, 0.15) is 11.6 Å². The van der Waals surface area contributed by atoms with Crippen LogP contribution in [-0.2, 0) is 0 Å². The van der Waals surface area contributed by atoms with E-state index in [9.17, 15) is 4.79 Å². The fraction of sp³-hybridized carbons (Fsp3) is 0.435. The predicted molar refractivity (Wildman–Crippen MR) is 119 cm³/mol. The minimum absolute atomic E-state index is 0.0151. The lowest BCUT2D eigenvalue weighted by Crippen LogP contribution is -2.55. The van der Waals surface area contributed by atoms with E-state index in [1.54, 1.807) is 25.4 Å². The largest absolute Gasteiger partial charge is 0.497 e. The zero-order valence-corrected chi connectivity index (χ0v) is 17.8. The molecular formula is C23H28N6O2. The molecule has 162 valence electrons. The van der Waals surface area contributed by atoms with Gasteiger partial charge >= 0.3 is 6.03 Å². The van der Waals surface area contributed by atoms with Gasteiger partial charge in [0.25, 0.3) is 0 Å². The molecule has 1 aromatic heterocycles. The Balaban J connectivity index is 1.23. The summed E-state index contributed by atoms with van der Waals surface area (Å²) in [6.07, 6.45) is 3.52. The number of rotatable bonds is 4. The molecule has 31 heavy (non-hydrogen) atoms. The van der Waals surface area contributed by atoms with Crippen LogP contribution in [0.3, 0.4) is 0 Å². The van der Waals surface area contributed by atoms with Crippen molar-refractivity contribution in [3.63, 3.8) is 0 Å². The van der Waals surface area contributed by atoms with Gasteiger partial charge in [0, 0.05) is 57.2 Å². The number of amides is 2. The van der Waals surface area contributed by atoms with E-state index in [1.165, 1.54) is 5.69 Å². The molecule has 4 rings (SSSR count). The summed E-state index contributed by atoms with van der Waals surface area (Å²) >= 11 is 0. The van der Waals surface area contributed by atoms with Crippen LogP contribution in [0.25, 0.3) is 0 Å². The highest BCUT2D eigenvalue weighted by molar-refractivity contribution is 5.75. The number of hydrogen-bond donors (Lipinski definition) is 1. The number of piperazine rings is 1. The van der Waals surface area contributed by atoms with Gasteiger partial charge in [-0.2, -0.15) is 5.26 Å². The third-order valence-corrected chi connectivity index (χ3v) is 6.03. The van der Waals surface area contributed by atoms with Crippen LogP contribution in [0.5, 0.6) is 5.75 Å². The molecule has 2 aromatic rings. The van der Waals surface area contributed by atoms with Crippen molar-refractivity contribution >= 4 is 17.5 Å². The monoisotopic (exact) mass is 420 g/mol. The first-order valence-corrected chi connectivity index (χ1v) is 10.7. The number of benzene rings is 1. The third kappa shape index (κ3) is 5.00. The molecule has 8 nitrogen and oxygen atoms in total. The molecular weight excluding hydrogens is 392 g/mol. The maximum atomic E-state index is 12.7. The summed E-state index contributed by atoms with van der Waals surface area (Å²) in [7, 11) is 1.67. The Morgan fingerprint density at radius 2 is 1.77 bits per heavy atom. The number of nitrogens with one attached hydrogen (secondary N) is 1. The quantitative estimate of drug-likeness (QED) is 0.818. The Morgan fingerprint density at radius 3 is 2.42 bits per heavy atom. The van der Waals surface area contributed by atoms with Gasteiger partial charge < -0.3 is 24.8 Å². The zero-order valence-electron chi connectivity index (χ0n) is 17.8. The predicted octanol–water partition coefficient (Wildman–Crippen LogP) is 2.46. The Labute approximate surface area is 183 Å². The van der Waals surface area contributed by atoms with Gasteiger partial charge in [-0.15, -0.1) is 0 Å². The van der Waals surface area contributed by atoms with Gasteiger partial charge in [0.05, 0.1) is 18.7 Å². The molecule has 1 aromatic carbocycles. The Morgan fingerprint density at radius 1 is 1.06 bits per heavy atom. The topological polar surface area (TPSA) is 84.7 Å². The van der Waals surface area contributed by atoms with Crippen LogP contribution in [0.1, 0.15) is 18.4 Å². The van der Waals surface area contributed by atoms with Crippen molar-refractivity contribution in [1.82, 2.24) is 15.2 Å². The molecule has 2 fully saturated rings. The van der Waals surface area contributed by atoms with Crippen LogP contribution in [0.4, 0.5) is 16.3 Å². The van der Waals surface area contributed by atoms with Crippen molar-refractivity contribution in [3.8, 4) is 11.8 Å². The van der Waals surface area contributed by atoms with Crippen molar-refractivity contribution < 1.29 is 9.53 Å². The van der Waals surface area contributed by atoms with E-state index in [-0.39, 0.29) is 12.1 Å². The van der Waals surface area contributed by atoms with E-state index in [4.69, 9.17) is 10.00 Å². The number of hydrogen-bond acceptors (Lipinski definition) is 6. The summed E-state index contributed by atoms with van der Waals surface area (Å²) in [5, 5.41) is 12.3. The maximum Gasteiger partial charge on any atom is 0.317 e. The lowest BCUT2D eigenvalue weighted by Gasteiger charge is -2.38. The van der Waals surface area contributed by atoms with Crippen molar-refractivity contribution in [1.29, 1.82) is 5.26 Å². The molecule has 0 radical (unpaired) electrons. The summed E-state index contributed by atoms with van der Waals surface area (Å²) in [5.41, 5.74) is 1.79. The van der Waals surface area contributed by atoms with Gasteiger partial charge in [-0.1, -0.05) is 0 Å². The highest BCUT2D eigenvalue weighted by Gasteiger charge is 2.26. The number of pyridine rings is 1. The number of urea groups is 1. The van der Waals surface area contributed by atoms with E-state index in [2.05, 4.69) is 38.3 Å². The van der Waals surface area contributed by atoms with E-state index in [1.807, 2.05) is 17.0 Å². The number of carbonyl (C=O) groups is 1. The molecule has 0 unspecified atom stereocenters. The fourth-order valence-electron chi connectivity index (χ4n) is 4.14. The van der Waals surface area contributed by atoms with Crippen molar-refractivity contribution in [2.24, 2.45) is 0 Å². The molecule has 0 atom stereocenters. The molecule has 0 saturated carbocycles. The first kappa shape index (κ1) is 20.8. The number of piperidine rings is 1. The molecule has 8 heteroatoms. The molecule has 2 aliphatic heterocycles. The minimum Gasteiger partial charge on any atom is -0.497 e. The van der Waals surface area contributed by atoms with Gasteiger partial charge in [-0.3, -0.25) is 0 Å². The van der Waals surface area contributed by atoms with E-state index in [0.717, 1.165) is 37.5 Å². The molecule has 3 heterocycles. The van der Waals surface area contributed by atoms with Crippen LogP contribution in [0.15, 0.2) is 42.6 Å². The van der Waals surface area contributed by atoms with E-state index >= 15 is 0 Å². The lowest BCUT2D eigenvalue weighted by atomic mass is 10.0. The first-order chi connectivity index (χ1) is 15.2. The van der Waals surface area contributed by atoms with Gasteiger partial charge in [0.15, 0.2) is 0 Å². The molecule has 0 bridgehead atoms. The zero-order chi connectivity index (χ0) is 21.6. The second-order valence-corrected chi connectivity index (χ2v) is 7.90. The van der Waals surface area contributed by atoms with E-state index < -0.39 is 0 Å². The summed E-state index contributed by atoms with van der Waals surface area (Å²) in [5.74, 6) is 1.66. The Hall–Kier alpha value is -3.47. The third-order valence-electron chi connectivity index (χ3n) is 6.03. The molecule has 1 N–H and O–H groups in total. The van der Waals surface area contributed by atoms with Crippen molar-refractivity contribution in [2.45, 2.75) is 18.9 Å². The van der Waals surface area contributed by atoms with Gasteiger partial charge in [-0.25, -0.2) is 9.78 Å². The van der Waals surface area contributed by atoms with Crippen molar-refractivity contribution in [3.05, 3.63) is 48.2 Å². The van der Waals surface area contributed by atoms with Crippen LogP contribution in [0, 0.1) is 11.3 Å². The van der Waals surface area contributed by atoms with Crippen LogP contribution in [0.2, 0.25) is 0 Å². The smallest absolute Gasteiger partial charge is 0.317 e. The number of ether oxygens (including phenoxy) is 1. The van der Waals surface area contributed by atoms with Crippen LogP contribution < -0.4 is 19.9 Å². The molecule has 2 saturated heterocycles. The molecule has 0 aliphatic carbocycles. The summed E-state index contributed by atoms with van der Waals surface area (Å²) < 4.78 is 5.23. The number of methoxy groups -OCH3 is 1. The van der Waals surface area contributed by atoms with Crippen LogP contribution >= 0.6 is 0 Å². The fourth-order valence-corrected chi connectivity index (χ4v) is 4.14. The van der Waals surface area contributed by atoms with Crippen molar-refractivity contribution in [2.75, 3.05) is 56.2 Å². The highest BCUT2D eigenvalue weighted by Crippen LogP contribution is 2.23. The number of carbonyl (C=O) groups excluding carboxylic acids is 1. The Kier molecular flexibility index (Phi) is 6.41. The Bertz CT molecular complexity index is 926. The second kappa shape index (κ2) is 9.56. The summed E-state index contributed by atoms with van der Waals surface area (Å²) in [6, 6.07) is 14.0.